The molecule has 0 spiro atoms. The summed E-state index contributed by atoms with van der Waals surface area (Å²) in [6, 6.07) is 7.35. The van der Waals surface area contributed by atoms with Crippen molar-refractivity contribution in [3.8, 4) is 0 Å². The van der Waals surface area contributed by atoms with Gasteiger partial charge in [0, 0.05) is 18.4 Å². The van der Waals surface area contributed by atoms with Crippen molar-refractivity contribution in [1.29, 1.82) is 0 Å². The number of esters is 1. The molecule has 0 bridgehead atoms. The molecule has 182 valence electrons. The summed E-state index contributed by atoms with van der Waals surface area (Å²) in [5.41, 5.74) is 0.508. The van der Waals surface area contributed by atoms with E-state index in [-0.39, 0.29) is 6.07 Å². The van der Waals surface area contributed by atoms with Gasteiger partial charge in [0.05, 0.1) is 30.2 Å². The molecule has 0 saturated heterocycles. The fourth-order valence-corrected chi connectivity index (χ4v) is 3.60. The average molecular weight is 487 g/mol. The first-order valence-corrected chi connectivity index (χ1v) is 10.3. The summed E-state index contributed by atoms with van der Waals surface area (Å²) in [6.07, 6.45) is -7.65. The second-order valence-electron chi connectivity index (χ2n) is 7.78. The number of methoxy groups -OCH3 is 1. The molecular formula is C23H21F6N2O3+. The number of hydrazone groups is 1. The first-order valence-electron chi connectivity index (χ1n) is 10.3. The van der Waals surface area contributed by atoms with Crippen LogP contribution in [0, 0.1) is 0 Å². The number of hydrogen-bond donors (Lipinski definition) is 1. The zero-order valence-corrected chi connectivity index (χ0v) is 18.0. The number of benzene rings is 2. The smallest absolute Gasteiger partial charge is 0.416 e. The van der Waals surface area contributed by atoms with Crippen LogP contribution < -0.4 is 5.43 Å². The summed E-state index contributed by atoms with van der Waals surface area (Å²) < 4.78 is 84.8. The molecule has 1 amide bonds. The summed E-state index contributed by atoms with van der Waals surface area (Å²) in [4.78, 5) is 24.2. The van der Waals surface area contributed by atoms with Crippen molar-refractivity contribution < 1.29 is 45.4 Å². The van der Waals surface area contributed by atoms with Crippen LogP contribution in [0.2, 0.25) is 0 Å². The Balaban J connectivity index is 1.87. The van der Waals surface area contributed by atoms with E-state index in [2.05, 4.69) is 10.2 Å². The van der Waals surface area contributed by atoms with Crippen molar-refractivity contribution in [3.05, 3.63) is 70.3 Å². The van der Waals surface area contributed by atoms with Crippen LogP contribution in [0.4, 0.5) is 26.3 Å². The third kappa shape index (κ3) is 6.15. The van der Waals surface area contributed by atoms with E-state index in [9.17, 15) is 35.9 Å². The minimum atomic E-state index is -5.05. The van der Waals surface area contributed by atoms with Gasteiger partial charge < -0.3 is 4.74 Å². The van der Waals surface area contributed by atoms with E-state index in [0.717, 1.165) is 17.7 Å². The molecule has 34 heavy (non-hydrogen) atoms. The lowest BCUT2D eigenvalue weighted by Gasteiger charge is -2.16. The number of carbonyl (C=O) groups excluding carboxylic acids is 2. The molecule has 5 nitrogen and oxygen atoms in total. The van der Waals surface area contributed by atoms with Crippen LogP contribution in [-0.2, 0) is 23.5 Å². The van der Waals surface area contributed by atoms with Gasteiger partial charge in [0.2, 0.25) is 0 Å². The van der Waals surface area contributed by atoms with Crippen LogP contribution in [0.15, 0.2) is 42.5 Å². The van der Waals surface area contributed by atoms with Crippen molar-refractivity contribution >= 4 is 17.6 Å². The summed E-state index contributed by atoms with van der Waals surface area (Å²) in [6.45, 7) is 0.354. The molecule has 0 aliphatic carbocycles. The fourth-order valence-electron chi connectivity index (χ4n) is 3.60. The second kappa shape index (κ2) is 9.86. The molecule has 11 heteroatoms. The Bertz CT molecular complexity index is 1070. The largest absolute Gasteiger partial charge is 0.465 e. The first-order chi connectivity index (χ1) is 15.9. The highest BCUT2D eigenvalue weighted by molar-refractivity contribution is 5.94. The zero-order valence-electron chi connectivity index (χ0n) is 18.0. The molecule has 0 atom stereocenters. The molecule has 1 heterocycles. The maximum Gasteiger partial charge on any atom is 0.416 e. The number of rotatable bonds is 5. The number of ether oxygens (including phenoxy) is 1. The van der Waals surface area contributed by atoms with Crippen molar-refractivity contribution in [2.45, 2.75) is 38.0 Å². The quantitative estimate of drug-likeness (QED) is 0.366. The Morgan fingerprint density at radius 2 is 1.50 bits per heavy atom. The van der Waals surface area contributed by atoms with E-state index in [1.165, 1.54) is 11.8 Å². The molecule has 1 N–H and O–H groups in total. The number of nitrogens with one attached hydrogen (secondary N) is 1. The minimum Gasteiger partial charge on any atom is -0.465 e. The number of hydrazine groups is 1. The van der Waals surface area contributed by atoms with E-state index in [1.807, 2.05) is 0 Å². The van der Waals surface area contributed by atoms with Gasteiger partial charge in [-0.2, -0.15) is 26.3 Å². The van der Waals surface area contributed by atoms with E-state index in [4.69, 9.17) is 0 Å². The molecule has 1 aliphatic rings. The maximum atomic E-state index is 13.1. The second-order valence-corrected chi connectivity index (χ2v) is 7.78. The molecule has 2 aromatic rings. The van der Waals surface area contributed by atoms with E-state index in [0.29, 0.717) is 43.5 Å². The highest BCUT2D eigenvalue weighted by Crippen LogP contribution is 2.36. The van der Waals surface area contributed by atoms with Gasteiger partial charge in [0.25, 0.3) is 0 Å². The SMILES string of the molecule is COC(=O)c1ccc(CC2=[N+](NC(=O)c3cc(C(F)(F)F)cc(C(F)(F)F)c3)CCCC2)cc1. The van der Waals surface area contributed by atoms with Crippen molar-refractivity contribution in [2.75, 3.05) is 13.7 Å². The minimum absolute atomic E-state index is 0.0206. The molecule has 0 radical (unpaired) electrons. The summed E-state index contributed by atoms with van der Waals surface area (Å²) in [5, 5.41) is 0. The van der Waals surface area contributed by atoms with Gasteiger partial charge in [-0.05, 0) is 42.3 Å². The molecule has 1 aliphatic heterocycles. The fraction of sp³-hybridized carbons (Fsp3) is 0.348. The van der Waals surface area contributed by atoms with Gasteiger partial charge in [-0.15, -0.1) is 10.1 Å². The van der Waals surface area contributed by atoms with Crippen LogP contribution >= 0.6 is 0 Å². The van der Waals surface area contributed by atoms with Gasteiger partial charge in [0.15, 0.2) is 12.3 Å². The zero-order chi connectivity index (χ0) is 25.1. The molecule has 0 aromatic heterocycles. The molecule has 0 fully saturated rings. The van der Waals surface area contributed by atoms with Crippen LogP contribution in [0.1, 0.15) is 56.7 Å². The molecule has 2 aromatic carbocycles. The lowest BCUT2D eigenvalue weighted by molar-refractivity contribution is -0.578. The molecule has 0 unspecified atom stereocenters. The average Bonchev–Trinajstić information content (AvgIpc) is 2.79. The highest BCUT2D eigenvalue weighted by atomic mass is 19.4. The van der Waals surface area contributed by atoms with E-state index >= 15 is 0 Å². The van der Waals surface area contributed by atoms with E-state index in [1.54, 1.807) is 24.3 Å². The predicted octanol–water partition coefficient (Wildman–Crippen LogP) is 5.04. The van der Waals surface area contributed by atoms with Crippen LogP contribution in [0.3, 0.4) is 0 Å². The Morgan fingerprint density at radius 3 is 2.03 bits per heavy atom. The van der Waals surface area contributed by atoms with Crippen molar-refractivity contribution in [1.82, 2.24) is 5.43 Å². The standard InChI is InChI=1S/C23H20F6N2O3/c1-34-21(33)15-7-5-14(6-8-15)10-19-4-2-3-9-31(19)30-20(32)16-11-17(22(24,25)26)13-18(12-16)23(27,28)29/h5-8,11-13H,2-4,9-10H2,1H3/p+1. The number of halogens is 6. The van der Waals surface area contributed by atoms with Gasteiger partial charge in [0.1, 0.15) is 0 Å². The molecular weight excluding hydrogens is 466 g/mol. The van der Waals surface area contributed by atoms with Gasteiger partial charge >= 0.3 is 24.2 Å². The lowest BCUT2D eigenvalue weighted by atomic mass is 10.0. The third-order valence-electron chi connectivity index (χ3n) is 5.35. The topological polar surface area (TPSA) is 58.4 Å². The highest BCUT2D eigenvalue weighted by Gasteiger charge is 2.38. The maximum absolute atomic E-state index is 13.1. The monoisotopic (exact) mass is 487 g/mol. The Labute approximate surface area is 191 Å². The Hall–Kier alpha value is -3.37. The van der Waals surface area contributed by atoms with Gasteiger partial charge in [-0.3, -0.25) is 4.79 Å². The lowest BCUT2D eigenvalue weighted by Crippen LogP contribution is -2.42. The number of amides is 1. The van der Waals surface area contributed by atoms with Crippen molar-refractivity contribution in [3.63, 3.8) is 0 Å². The summed E-state index contributed by atoms with van der Waals surface area (Å²) in [5.74, 6) is -1.57. The normalized spacial score (nSPS) is 14.7. The van der Waals surface area contributed by atoms with Crippen molar-refractivity contribution in [2.24, 2.45) is 0 Å². The molecule has 0 saturated carbocycles. The van der Waals surface area contributed by atoms with Crippen LogP contribution in [0.25, 0.3) is 0 Å². The predicted molar refractivity (Wildman–Crippen MR) is 109 cm³/mol. The number of hydrogen-bond acceptors (Lipinski definition) is 3. The van der Waals surface area contributed by atoms with Crippen LogP contribution in [-0.4, -0.2) is 35.9 Å². The molecule has 3 rings (SSSR count). The number of carbonyl (C=O) groups is 2. The Kier molecular flexibility index (Phi) is 7.32. The number of alkyl halides is 6. The summed E-state index contributed by atoms with van der Waals surface area (Å²) in [7, 11) is 1.26. The summed E-state index contributed by atoms with van der Waals surface area (Å²) >= 11 is 0. The number of nitrogens with zero attached hydrogens (tertiary/aromatic N) is 1. The van der Waals surface area contributed by atoms with E-state index < -0.39 is 40.9 Å². The first kappa shape index (κ1) is 25.3. The van der Waals surface area contributed by atoms with Crippen LogP contribution in [0.5, 0.6) is 0 Å². The third-order valence-corrected chi connectivity index (χ3v) is 5.35. The van der Waals surface area contributed by atoms with Gasteiger partial charge in [-0.1, -0.05) is 12.1 Å². The van der Waals surface area contributed by atoms with Gasteiger partial charge in [-0.25, -0.2) is 4.79 Å². The Morgan fingerprint density at radius 1 is 0.912 bits per heavy atom.